The van der Waals surface area contributed by atoms with E-state index in [-0.39, 0.29) is 24.2 Å². The van der Waals surface area contributed by atoms with E-state index in [0.717, 1.165) is 13.1 Å². The van der Waals surface area contributed by atoms with Gasteiger partial charge < -0.3 is 19.4 Å². The van der Waals surface area contributed by atoms with Crippen LogP contribution in [0, 0.1) is 0 Å². The molecule has 1 aromatic heterocycles. The topological polar surface area (TPSA) is 70.9 Å². The van der Waals surface area contributed by atoms with Crippen LogP contribution in [0.2, 0.25) is 0 Å². The Morgan fingerprint density at radius 3 is 2.44 bits per heavy atom. The lowest BCUT2D eigenvalue weighted by Gasteiger charge is -2.36. The van der Waals surface area contributed by atoms with E-state index in [9.17, 15) is 9.59 Å². The highest BCUT2D eigenvalue weighted by molar-refractivity contribution is 5.98. The van der Waals surface area contributed by atoms with Crippen LogP contribution in [0.25, 0.3) is 0 Å². The van der Waals surface area contributed by atoms with Crippen LogP contribution in [-0.4, -0.2) is 78.3 Å². The lowest BCUT2D eigenvalue weighted by atomic mass is 10.2. The number of aromatic nitrogens is 2. The van der Waals surface area contributed by atoms with Gasteiger partial charge in [0.25, 0.3) is 5.91 Å². The fourth-order valence-corrected chi connectivity index (χ4v) is 3.20. The largest absolute Gasteiger partial charge is 0.479 e. The highest BCUT2D eigenvalue weighted by Crippen LogP contribution is 2.18. The average molecular weight is 371 g/mol. The van der Waals surface area contributed by atoms with Crippen LogP contribution in [-0.2, 0) is 11.8 Å². The van der Waals surface area contributed by atoms with Crippen molar-refractivity contribution in [1.82, 2.24) is 19.6 Å². The van der Waals surface area contributed by atoms with Gasteiger partial charge >= 0.3 is 0 Å². The summed E-state index contributed by atoms with van der Waals surface area (Å²) < 4.78 is 6.65. The third-order valence-electron chi connectivity index (χ3n) is 4.69. The van der Waals surface area contributed by atoms with E-state index in [2.05, 4.69) is 22.1 Å². The van der Waals surface area contributed by atoms with Crippen molar-refractivity contribution in [3.63, 3.8) is 0 Å². The lowest BCUT2D eigenvalue weighted by Crippen LogP contribution is -2.51. The van der Waals surface area contributed by atoms with Crippen LogP contribution in [0.4, 0.5) is 5.69 Å². The monoisotopic (exact) mass is 371 g/mol. The van der Waals surface area contributed by atoms with Crippen LogP contribution >= 0.6 is 0 Å². The predicted octanol–water partition coefficient (Wildman–Crippen LogP) is 0.849. The van der Waals surface area contributed by atoms with Crippen LogP contribution in [0.3, 0.4) is 0 Å². The molecular formula is C19H25N5O3. The summed E-state index contributed by atoms with van der Waals surface area (Å²) in [6, 6.07) is 10.2. The molecule has 2 amide bonds. The van der Waals surface area contributed by atoms with Gasteiger partial charge in [0, 0.05) is 52.2 Å². The first kappa shape index (κ1) is 18.8. The van der Waals surface area contributed by atoms with Crippen molar-refractivity contribution >= 4 is 17.5 Å². The Morgan fingerprint density at radius 2 is 1.81 bits per heavy atom. The number of carbonyl (C=O) groups is 2. The van der Waals surface area contributed by atoms with Crippen molar-refractivity contribution < 1.29 is 14.3 Å². The Kier molecular flexibility index (Phi) is 5.63. The molecular weight excluding hydrogens is 346 g/mol. The minimum absolute atomic E-state index is 0.0300. The van der Waals surface area contributed by atoms with Gasteiger partial charge in [0.15, 0.2) is 0 Å². The minimum atomic E-state index is -0.281. The van der Waals surface area contributed by atoms with E-state index in [4.69, 9.17) is 4.74 Å². The fourth-order valence-electron chi connectivity index (χ4n) is 3.20. The molecule has 0 radical (unpaired) electrons. The molecule has 1 aliphatic rings. The smallest absolute Gasteiger partial charge is 0.261 e. The summed E-state index contributed by atoms with van der Waals surface area (Å²) in [5, 5.41) is 4.08. The number of piperazine rings is 1. The lowest BCUT2D eigenvalue weighted by molar-refractivity contribution is -0.131. The molecule has 2 heterocycles. The number of hydrogen-bond donors (Lipinski definition) is 0. The van der Waals surface area contributed by atoms with Gasteiger partial charge in [0.1, 0.15) is 5.56 Å². The van der Waals surface area contributed by atoms with Crippen molar-refractivity contribution in [2.75, 3.05) is 51.8 Å². The molecule has 0 atom stereocenters. The van der Waals surface area contributed by atoms with Gasteiger partial charge in [0.2, 0.25) is 11.8 Å². The van der Waals surface area contributed by atoms with Crippen molar-refractivity contribution in [2.24, 2.45) is 7.05 Å². The second-order valence-corrected chi connectivity index (χ2v) is 6.59. The summed E-state index contributed by atoms with van der Waals surface area (Å²) in [6.45, 7) is 2.88. The summed E-state index contributed by atoms with van der Waals surface area (Å²) in [6.07, 6.45) is 1.60. The molecule has 1 saturated heterocycles. The normalized spacial score (nSPS) is 14.2. The number of methoxy groups -OCH3 is 1. The number of anilines is 1. The molecule has 3 rings (SSSR count). The molecule has 0 spiro atoms. The van der Waals surface area contributed by atoms with Gasteiger partial charge in [-0.1, -0.05) is 18.2 Å². The molecule has 0 N–H and O–H groups in total. The molecule has 8 nitrogen and oxygen atoms in total. The first-order valence-corrected chi connectivity index (χ1v) is 8.90. The second-order valence-electron chi connectivity index (χ2n) is 6.59. The highest BCUT2D eigenvalue weighted by Gasteiger charge is 2.25. The molecule has 1 fully saturated rings. The zero-order chi connectivity index (χ0) is 19.4. The zero-order valence-corrected chi connectivity index (χ0v) is 16.0. The minimum Gasteiger partial charge on any atom is -0.479 e. The molecule has 1 aromatic carbocycles. The molecule has 0 bridgehead atoms. The van der Waals surface area contributed by atoms with Gasteiger partial charge in [-0.3, -0.25) is 14.3 Å². The first-order chi connectivity index (χ1) is 13.0. The van der Waals surface area contributed by atoms with E-state index in [1.54, 1.807) is 20.3 Å². The number of ether oxygens (including phenoxy) is 1. The predicted molar refractivity (Wildman–Crippen MR) is 102 cm³/mol. The number of likely N-dealkylation sites (N-methyl/N-ethyl adjacent to an activating group) is 1. The summed E-state index contributed by atoms with van der Waals surface area (Å²) >= 11 is 0. The quantitative estimate of drug-likeness (QED) is 0.779. The number of para-hydroxylation sites is 1. The maximum atomic E-state index is 12.6. The first-order valence-electron chi connectivity index (χ1n) is 8.90. The molecule has 27 heavy (non-hydrogen) atoms. The summed E-state index contributed by atoms with van der Waals surface area (Å²) in [4.78, 5) is 30.7. The van der Waals surface area contributed by atoms with Crippen LogP contribution in [0.15, 0.2) is 36.5 Å². The number of nitrogens with zero attached hydrogens (tertiary/aromatic N) is 5. The van der Waals surface area contributed by atoms with Gasteiger partial charge in [-0.25, -0.2) is 0 Å². The van der Waals surface area contributed by atoms with Crippen LogP contribution < -0.4 is 9.64 Å². The van der Waals surface area contributed by atoms with Gasteiger partial charge in [-0.15, -0.1) is 5.10 Å². The zero-order valence-electron chi connectivity index (χ0n) is 16.0. The number of hydrogen-bond acceptors (Lipinski definition) is 5. The van der Waals surface area contributed by atoms with E-state index < -0.39 is 0 Å². The molecule has 1 aliphatic heterocycles. The Hall–Kier alpha value is -3.03. The Balaban J connectivity index is 1.55. The number of rotatable bonds is 5. The summed E-state index contributed by atoms with van der Waals surface area (Å²) in [7, 11) is 4.81. The molecule has 0 saturated carbocycles. The third kappa shape index (κ3) is 4.21. The maximum absolute atomic E-state index is 12.6. The van der Waals surface area contributed by atoms with Crippen LogP contribution in [0.1, 0.15) is 10.4 Å². The van der Waals surface area contributed by atoms with Crippen molar-refractivity contribution in [3.8, 4) is 5.88 Å². The van der Waals surface area contributed by atoms with Gasteiger partial charge in [0.05, 0.1) is 13.7 Å². The molecule has 0 unspecified atom stereocenters. The van der Waals surface area contributed by atoms with Gasteiger partial charge in [-0.05, 0) is 12.1 Å². The van der Waals surface area contributed by atoms with E-state index in [1.807, 2.05) is 23.1 Å². The standard InChI is InChI=1S/C19H25N5O3/c1-21(19(26)16-13-22(2)20-18(16)27-3)14-17(25)24-11-9-23(10-12-24)15-7-5-4-6-8-15/h4-8,13H,9-12,14H2,1-3H3. The molecule has 0 aliphatic carbocycles. The Bertz CT molecular complexity index is 797. The Morgan fingerprint density at radius 1 is 1.15 bits per heavy atom. The number of carbonyl (C=O) groups excluding carboxylic acids is 2. The van der Waals surface area contributed by atoms with Crippen LogP contribution in [0.5, 0.6) is 5.88 Å². The summed E-state index contributed by atoms with van der Waals surface area (Å²) in [5.74, 6) is -0.0732. The second kappa shape index (κ2) is 8.11. The van der Waals surface area contributed by atoms with Crippen molar-refractivity contribution in [1.29, 1.82) is 0 Å². The maximum Gasteiger partial charge on any atom is 0.261 e. The van der Waals surface area contributed by atoms with E-state index >= 15 is 0 Å². The third-order valence-corrected chi connectivity index (χ3v) is 4.69. The summed E-state index contributed by atoms with van der Waals surface area (Å²) in [5.41, 5.74) is 1.52. The fraction of sp³-hybridized carbons (Fsp3) is 0.421. The average Bonchev–Trinajstić information content (AvgIpc) is 3.08. The Labute approximate surface area is 158 Å². The molecule has 144 valence electrons. The van der Waals surface area contributed by atoms with E-state index in [0.29, 0.717) is 18.7 Å². The number of aryl methyl sites for hydroxylation is 1. The number of benzene rings is 1. The molecule has 2 aromatic rings. The van der Waals surface area contributed by atoms with Crippen molar-refractivity contribution in [2.45, 2.75) is 0 Å². The van der Waals surface area contributed by atoms with Gasteiger partial charge in [-0.2, -0.15) is 0 Å². The SMILES string of the molecule is COc1nn(C)cc1C(=O)N(C)CC(=O)N1CCN(c2ccccc2)CC1. The highest BCUT2D eigenvalue weighted by atomic mass is 16.5. The van der Waals surface area contributed by atoms with Crippen molar-refractivity contribution in [3.05, 3.63) is 42.1 Å². The molecule has 8 heteroatoms. The van der Waals surface area contributed by atoms with E-state index in [1.165, 1.54) is 22.4 Å². The number of amides is 2.